The van der Waals surface area contributed by atoms with Crippen LogP contribution in [0.25, 0.3) is 0 Å². The second kappa shape index (κ2) is 26.5. The summed E-state index contributed by atoms with van der Waals surface area (Å²) >= 11 is 0. The number of amides is 4. The summed E-state index contributed by atoms with van der Waals surface area (Å²) in [7, 11) is 0. The van der Waals surface area contributed by atoms with E-state index in [9.17, 15) is 24.0 Å². The Labute approximate surface area is 324 Å². The number of carboxylic acid groups (broad SMARTS) is 1. The molecule has 55 heavy (non-hydrogen) atoms. The molecule has 0 saturated heterocycles. The van der Waals surface area contributed by atoms with Crippen LogP contribution in [0.5, 0.6) is 0 Å². The van der Waals surface area contributed by atoms with Gasteiger partial charge in [0, 0.05) is 49.9 Å². The second-order valence-electron chi connectivity index (χ2n) is 13.6. The SMILES string of the molecule is CCN(C(=O)Cn1cccc1C(=O)N[C@H]1CC[C@H](C(=O)NCCCCCC(=O)NCCOCCOCCOCCOCCC(=O)O)CC1)c1cccc(C)c1. The number of benzene rings is 1. The minimum absolute atomic E-state index is 0.0223. The van der Waals surface area contributed by atoms with Gasteiger partial charge in [0.15, 0.2) is 0 Å². The summed E-state index contributed by atoms with van der Waals surface area (Å²) in [5.41, 5.74) is 2.35. The summed E-state index contributed by atoms with van der Waals surface area (Å²) in [4.78, 5) is 63.4. The number of unbranched alkanes of at least 4 members (excludes halogenated alkanes) is 2. The topological polar surface area (TPSA) is 187 Å². The van der Waals surface area contributed by atoms with Gasteiger partial charge in [0.1, 0.15) is 12.2 Å². The predicted molar refractivity (Wildman–Crippen MR) is 207 cm³/mol. The molecule has 0 bridgehead atoms. The standard InChI is InChI=1S/C40H61N5O10/c1-3-45(34-10-7-9-31(2)29-34)37(47)30-44-20-8-11-35(44)40(51)43-33-15-13-32(14-16-33)39(50)42-18-6-4-5-12-36(46)41-19-22-53-24-26-55-28-27-54-25-23-52-21-17-38(48)49/h7-11,20,29,32-33H,3-6,12-19,21-28,30H2,1-2H3,(H,41,46)(H,42,50)(H,43,51)(H,48,49)/t32-,33-. The molecule has 15 nitrogen and oxygen atoms in total. The number of carboxylic acids is 1. The first-order valence-corrected chi connectivity index (χ1v) is 19.6. The van der Waals surface area contributed by atoms with E-state index in [1.54, 1.807) is 27.8 Å². The highest BCUT2D eigenvalue weighted by molar-refractivity contribution is 5.96. The molecule has 2 aromatic rings. The highest BCUT2D eigenvalue weighted by Gasteiger charge is 2.28. The average molecular weight is 772 g/mol. The van der Waals surface area contributed by atoms with E-state index >= 15 is 0 Å². The van der Waals surface area contributed by atoms with Crippen LogP contribution < -0.4 is 20.9 Å². The van der Waals surface area contributed by atoms with Gasteiger partial charge in [0.25, 0.3) is 5.91 Å². The van der Waals surface area contributed by atoms with Gasteiger partial charge in [-0.15, -0.1) is 0 Å². The molecular formula is C40H61N5O10. The van der Waals surface area contributed by atoms with E-state index in [0.717, 1.165) is 30.5 Å². The molecule has 1 aliphatic rings. The van der Waals surface area contributed by atoms with Crippen LogP contribution >= 0.6 is 0 Å². The predicted octanol–water partition coefficient (Wildman–Crippen LogP) is 3.47. The number of carbonyl (C=O) groups excluding carboxylic acids is 4. The normalized spacial score (nSPS) is 15.3. The maximum atomic E-state index is 13.2. The minimum Gasteiger partial charge on any atom is -0.481 e. The molecule has 0 radical (unpaired) electrons. The van der Waals surface area contributed by atoms with Crippen LogP contribution in [0.4, 0.5) is 5.69 Å². The molecule has 1 saturated carbocycles. The summed E-state index contributed by atoms with van der Waals surface area (Å²) in [5, 5.41) is 17.5. The van der Waals surface area contributed by atoms with Gasteiger partial charge in [-0.05, 0) is 82.2 Å². The van der Waals surface area contributed by atoms with Crippen molar-refractivity contribution in [3.8, 4) is 0 Å². The molecule has 15 heteroatoms. The van der Waals surface area contributed by atoms with Crippen LogP contribution in [0.1, 0.15) is 80.8 Å². The number of aliphatic carboxylic acids is 1. The van der Waals surface area contributed by atoms with Crippen molar-refractivity contribution in [2.45, 2.75) is 84.2 Å². The molecular weight excluding hydrogens is 710 g/mol. The van der Waals surface area contributed by atoms with E-state index in [1.807, 2.05) is 38.1 Å². The maximum Gasteiger partial charge on any atom is 0.305 e. The van der Waals surface area contributed by atoms with Crippen molar-refractivity contribution in [2.24, 2.45) is 5.92 Å². The van der Waals surface area contributed by atoms with E-state index in [1.165, 1.54) is 0 Å². The van der Waals surface area contributed by atoms with Gasteiger partial charge < -0.3 is 49.5 Å². The Bertz CT molecular complexity index is 1460. The van der Waals surface area contributed by atoms with Crippen LogP contribution in [0.15, 0.2) is 42.6 Å². The summed E-state index contributed by atoms with van der Waals surface area (Å²) in [6, 6.07) is 11.3. The third-order valence-corrected chi connectivity index (χ3v) is 9.26. The fourth-order valence-corrected chi connectivity index (χ4v) is 6.26. The quantitative estimate of drug-likeness (QED) is 0.0934. The molecule has 1 heterocycles. The highest BCUT2D eigenvalue weighted by atomic mass is 16.6. The lowest BCUT2D eigenvalue weighted by molar-refractivity contribution is -0.138. The first-order valence-electron chi connectivity index (χ1n) is 19.6. The molecule has 1 aromatic heterocycles. The van der Waals surface area contributed by atoms with E-state index in [2.05, 4.69) is 16.0 Å². The first-order chi connectivity index (χ1) is 26.7. The van der Waals surface area contributed by atoms with Gasteiger partial charge >= 0.3 is 5.97 Å². The van der Waals surface area contributed by atoms with Gasteiger partial charge in [-0.25, -0.2) is 0 Å². The van der Waals surface area contributed by atoms with Crippen molar-refractivity contribution >= 4 is 35.3 Å². The Hall–Kier alpha value is -4.31. The van der Waals surface area contributed by atoms with E-state index in [0.29, 0.717) is 104 Å². The number of likely N-dealkylation sites (N-methyl/N-ethyl adjacent to an activating group) is 1. The third-order valence-electron chi connectivity index (χ3n) is 9.26. The van der Waals surface area contributed by atoms with Gasteiger partial charge in [0.05, 0.1) is 59.3 Å². The molecule has 1 fully saturated rings. The molecule has 4 amide bonds. The Morgan fingerprint density at radius 3 is 2.11 bits per heavy atom. The fourth-order valence-electron chi connectivity index (χ4n) is 6.26. The van der Waals surface area contributed by atoms with E-state index in [-0.39, 0.29) is 55.2 Å². The second-order valence-corrected chi connectivity index (χ2v) is 13.6. The van der Waals surface area contributed by atoms with Crippen molar-refractivity contribution in [1.82, 2.24) is 20.5 Å². The monoisotopic (exact) mass is 771 g/mol. The number of aryl methyl sites for hydroxylation is 1. The van der Waals surface area contributed by atoms with Crippen LogP contribution in [-0.2, 0) is 44.7 Å². The molecule has 3 rings (SSSR count). The number of nitrogens with zero attached hydrogens (tertiary/aromatic N) is 2. The van der Waals surface area contributed by atoms with Crippen molar-refractivity contribution in [3.05, 3.63) is 53.9 Å². The van der Waals surface area contributed by atoms with Crippen molar-refractivity contribution in [1.29, 1.82) is 0 Å². The molecule has 0 aliphatic heterocycles. The van der Waals surface area contributed by atoms with Crippen molar-refractivity contribution in [2.75, 3.05) is 77.4 Å². The lowest BCUT2D eigenvalue weighted by atomic mass is 9.85. The zero-order chi connectivity index (χ0) is 39.7. The summed E-state index contributed by atoms with van der Waals surface area (Å²) in [5.74, 6) is -1.27. The zero-order valence-electron chi connectivity index (χ0n) is 32.6. The van der Waals surface area contributed by atoms with Crippen LogP contribution in [-0.4, -0.2) is 118 Å². The number of anilines is 1. The molecule has 0 atom stereocenters. The maximum absolute atomic E-state index is 13.2. The van der Waals surface area contributed by atoms with E-state index in [4.69, 9.17) is 24.1 Å². The van der Waals surface area contributed by atoms with Crippen LogP contribution in [0.3, 0.4) is 0 Å². The molecule has 0 unspecified atom stereocenters. The van der Waals surface area contributed by atoms with Gasteiger partial charge in [-0.1, -0.05) is 18.6 Å². The van der Waals surface area contributed by atoms with Crippen LogP contribution in [0.2, 0.25) is 0 Å². The Morgan fingerprint density at radius 2 is 1.45 bits per heavy atom. The fraction of sp³-hybridized carbons (Fsp3) is 0.625. The van der Waals surface area contributed by atoms with Gasteiger partial charge in [-0.2, -0.15) is 0 Å². The molecule has 0 spiro atoms. The average Bonchev–Trinajstić information content (AvgIpc) is 3.63. The summed E-state index contributed by atoms with van der Waals surface area (Å²) in [6.07, 6.45) is 7.32. The number of aromatic nitrogens is 1. The Balaban J connectivity index is 1.16. The number of nitrogens with one attached hydrogen (secondary N) is 3. The number of hydrogen-bond acceptors (Lipinski definition) is 9. The molecule has 4 N–H and O–H groups in total. The molecule has 1 aliphatic carbocycles. The van der Waals surface area contributed by atoms with Gasteiger partial charge in [0.2, 0.25) is 17.7 Å². The number of rotatable bonds is 28. The highest BCUT2D eigenvalue weighted by Crippen LogP contribution is 2.25. The molecule has 306 valence electrons. The summed E-state index contributed by atoms with van der Waals surface area (Å²) < 4.78 is 23.0. The smallest absolute Gasteiger partial charge is 0.305 e. The lowest BCUT2D eigenvalue weighted by Crippen LogP contribution is -2.42. The van der Waals surface area contributed by atoms with E-state index < -0.39 is 5.97 Å². The first kappa shape index (κ1) is 45.1. The van der Waals surface area contributed by atoms with Crippen molar-refractivity contribution < 1.29 is 48.0 Å². The zero-order valence-corrected chi connectivity index (χ0v) is 32.6. The largest absolute Gasteiger partial charge is 0.481 e. The van der Waals surface area contributed by atoms with Gasteiger partial charge in [-0.3, -0.25) is 24.0 Å². The lowest BCUT2D eigenvalue weighted by Gasteiger charge is -2.28. The third kappa shape index (κ3) is 18.3. The number of ether oxygens (including phenoxy) is 4. The number of hydrogen-bond donors (Lipinski definition) is 4. The summed E-state index contributed by atoms with van der Waals surface area (Å²) in [6.45, 7) is 8.42. The van der Waals surface area contributed by atoms with Crippen LogP contribution in [0, 0.1) is 12.8 Å². The molecule has 1 aromatic carbocycles. The Morgan fingerprint density at radius 1 is 0.782 bits per heavy atom. The van der Waals surface area contributed by atoms with Crippen molar-refractivity contribution in [3.63, 3.8) is 0 Å². The number of carbonyl (C=O) groups is 5. The minimum atomic E-state index is -0.890. The Kier molecular flexibility index (Phi) is 21.7.